The van der Waals surface area contributed by atoms with Crippen molar-refractivity contribution in [3.63, 3.8) is 0 Å². The molecule has 0 amide bonds. The van der Waals surface area contributed by atoms with Crippen LogP contribution >= 0.6 is 0 Å². The zero-order valence-corrected chi connectivity index (χ0v) is 7.94. The summed E-state index contributed by atoms with van der Waals surface area (Å²) in [6.07, 6.45) is 1.46. The molecule has 0 unspecified atom stereocenters. The maximum absolute atomic E-state index is 8.52. The highest BCUT2D eigenvalue weighted by molar-refractivity contribution is 6.00. The van der Waals surface area contributed by atoms with Gasteiger partial charge in [-0.25, -0.2) is 0 Å². The molecule has 0 fully saturated rings. The van der Waals surface area contributed by atoms with Crippen LogP contribution in [0.1, 0.15) is 11.1 Å². The van der Waals surface area contributed by atoms with Gasteiger partial charge in [-0.2, -0.15) is 0 Å². The summed E-state index contributed by atoms with van der Waals surface area (Å²) in [5.74, 6) is 0. The first-order chi connectivity index (χ1) is 6.83. The number of oxime groups is 1. The van der Waals surface area contributed by atoms with Gasteiger partial charge in [-0.3, -0.25) is 0 Å². The number of hydrogen-bond donors (Lipinski definition) is 1. The van der Waals surface area contributed by atoms with Crippen LogP contribution < -0.4 is 0 Å². The molecule has 0 saturated carbocycles. The van der Waals surface area contributed by atoms with Gasteiger partial charge < -0.3 is 5.21 Å². The van der Waals surface area contributed by atoms with Crippen molar-refractivity contribution in [2.75, 3.05) is 0 Å². The molecule has 2 heteroatoms. The summed E-state index contributed by atoms with van der Waals surface area (Å²) >= 11 is 0. The third-order valence-electron chi connectivity index (χ3n) is 2.37. The van der Waals surface area contributed by atoms with Crippen molar-refractivity contribution in [3.8, 4) is 0 Å². The van der Waals surface area contributed by atoms with E-state index in [0.29, 0.717) is 0 Å². The van der Waals surface area contributed by atoms with Gasteiger partial charge in [0.05, 0.1) is 6.21 Å². The van der Waals surface area contributed by atoms with Crippen LogP contribution in [0.3, 0.4) is 0 Å². The van der Waals surface area contributed by atoms with Crippen LogP contribution in [0.25, 0.3) is 10.8 Å². The van der Waals surface area contributed by atoms with Gasteiger partial charge in [0.1, 0.15) is 0 Å². The van der Waals surface area contributed by atoms with Gasteiger partial charge in [0, 0.05) is 5.56 Å². The van der Waals surface area contributed by atoms with E-state index in [2.05, 4.69) is 18.1 Å². The predicted molar refractivity (Wildman–Crippen MR) is 58.1 cm³/mol. The first-order valence-corrected chi connectivity index (χ1v) is 4.48. The van der Waals surface area contributed by atoms with Crippen LogP contribution in [0.4, 0.5) is 0 Å². The second kappa shape index (κ2) is 3.50. The Hall–Kier alpha value is -1.83. The summed E-state index contributed by atoms with van der Waals surface area (Å²) in [4.78, 5) is 0. The normalized spacial score (nSPS) is 11.2. The Bertz CT molecular complexity index is 489. The lowest BCUT2D eigenvalue weighted by molar-refractivity contribution is 0.322. The van der Waals surface area contributed by atoms with E-state index in [4.69, 9.17) is 5.21 Å². The Morgan fingerprint density at radius 3 is 2.50 bits per heavy atom. The zero-order valence-electron chi connectivity index (χ0n) is 7.94. The molecule has 0 radical (unpaired) electrons. The summed E-state index contributed by atoms with van der Waals surface area (Å²) in [5.41, 5.74) is 2.17. The topological polar surface area (TPSA) is 32.6 Å². The second-order valence-corrected chi connectivity index (χ2v) is 3.26. The van der Waals surface area contributed by atoms with Gasteiger partial charge in [0.25, 0.3) is 0 Å². The van der Waals surface area contributed by atoms with Crippen LogP contribution in [0.2, 0.25) is 0 Å². The average molecular weight is 185 g/mol. The fourth-order valence-electron chi connectivity index (χ4n) is 1.65. The molecule has 14 heavy (non-hydrogen) atoms. The van der Waals surface area contributed by atoms with E-state index in [1.165, 1.54) is 17.2 Å². The van der Waals surface area contributed by atoms with Crippen LogP contribution in [0.15, 0.2) is 41.6 Å². The third kappa shape index (κ3) is 1.35. The van der Waals surface area contributed by atoms with Crippen LogP contribution in [0.5, 0.6) is 0 Å². The minimum Gasteiger partial charge on any atom is -0.411 e. The average Bonchev–Trinajstić information content (AvgIpc) is 2.23. The van der Waals surface area contributed by atoms with Crippen LogP contribution in [-0.4, -0.2) is 11.4 Å². The molecule has 2 aromatic carbocycles. The molecule has 0 aliphatic heterocycles. The maximum atomic E-state index is 8.52. The lowest BCUT2D eigenvalue weighted by Crippen LogP contribution is -1.86. The summed E-state index contributed by atoms with van der Waals surface area (Å²) in [6, 6.07) is 12.1. The summed E-state index contributed by atoms with van der Waals surface area (Å²) in [5, 5.41) is 13.9. The summed E-state index contributed by atoms with van der Waals surface area (Å²) in [7, 11) is 0. The van der Waals surface area contributed by atoms with Gasteiger partial charge in [-0.1, -0.05) is 41.6 Å². The largest absolute Gasteiger partial charge is 0.411 e. The van der Waals surface area contributed by atoms with Gasteiger partial charge in [0.2, 0.25) is 0 Å². The Labute approximate surface area is 82.5 Å². The Morgan fingerprint density at radius 2 is 1.79 bits per heavy atom. The lowest BCUT2D eigenvalue weighted by atomic mass is 10.0. The molecule has 1 N–H and O–H groups in total. The first kappa shape index (κ1) is 8.75. The molecule has 0 aliphatic carbocycles. The van der Waals surface area contributed by atoms with Gasteiger partial charge in [-0.15, -0.1) is 0 Å². The smallest absolute Gasteiger partial charge is 0.0740 e. The quantitative estimate of drug-likeness (QED) is 0.413. The van der Waals surface area contributed by atoms with Crippen LogP contribution in [0, 0.1) is 6.92 Å². The van der Waals surface area contributed by atoms with Crippen molar-refractivity contribution in [2.24, 2.45) is 5.16 Å². The lowest BCUT2D eigenvalue weighted by Gasteiger charge is -2.04. The number of nitrogens with zero attached hydrogens (tertiary/aromatic N) is 1. The van der Waals surface area contributed by atoms with E-state index in [0.717, 1.165) is 10.9 Å². The van der Waals surface area contributed by atoms with Crippen molar-refractivity contribution in [2.45, 2.75) is 6.92 Å². The molecule has 70 valence electrons. The standard InChI is InChI=1S/C12H11NO/c1-9-6-7-10(8-13-14)12-5-3-2-4-11(9)12/h2-8,14H,1H3. The number of hydrogen-bond acceptors (Lipinski definition) is 2. The monoisotopic (exact) mass is 185 g/mol. The van der Waals surface area contributed by atoms with E-state index in [1.54, 1.807) is 0 Å². The van der Waals surface area contributed by atoms with Crippen LogP contribution in [-0.2, 0) is 0 Å². The van der Waals surface area contributed by atoms with Gasteiger partial charge in [-0.05, 0) is 23.3 Å². The predicted octanol–water partition coefficient (Wildman–Crippen LogP) is 2.96. The molecule has 2 aromatic rings. The highest BCUT2D eigenvalue weighted by atomic mass is 16.4. The highest BCUT2D eigenvalue weighted by Gasteiger charge is 2.00. The van der Waals surface area contributed by atoms with Crippen molar-refractivity contribution in [1.29, 1.82) is 0 Å². The number of rotatable bonds is 1. The minimum atomic E-state index is 0.939. The molecule has 0 bridgehead atoms. The summed E-state index contributed by atoms with van der Waals surface area (Å²) in [6.45, 7) is 2.07. The molecule has 0 atom stereocenters. The maximum Gasteiger partial charge on any atom is 0.0740 e. The molecule has 0 saturated heterocycles. The minimum absolute atomic E-state index is 0.939. The van der Waals surface area contributed by atoms with Gasteiger partial charge in [0.15, 0.2) is 0 Å². The SMILES string of the molecule is Cc1ccc(C=NO)c2ccccc12. The van der Waals surface area contributed by atoms with E-state index < -0.39 is 0 Å². The molecule has 0 aliphatic rings. The summed E-state index contributed by atoms with van der Waals surface area (Å²) < 4.78 is 0. The highest BCUT2D eigenvalue weighted by Crippen LogP contribution is 2.20. The van der Waals surface area contributed by atoms with E-state index in [1.807, 2.05) is 30.3 Å². The second-order valence-electron chi connectivity index (χ2n) is 3.26. The fraction of sp³-hybridized carbons (Fsp3) is 0.0833. The van der Waals surface area contributed by atoms with E-state index >= 15 is 0 Å². The molecule has 2 nitrogen and oxygen atoms in total. The van der Waals surface area contributed by atoms with E-state index in [9.17, 15) is 0 Å². The molecule has 0 heterocycles. The van der Waals surface area contributed by atoms with Crippen molar-refractivity contribution in [1.82, 2.24) is 0 Å². The fourth-order valence-corrected chi connectivity index (χ4v) is 1.65. The molecular weight excluding hydrogens is 174 g/mol. The van der Waals surface area contributed by atoms with E-state index in [-0.39, 0.29) is 0 Å². The van der Waals surface area contributed by atoms with Gasteiger partial charge >= 0.3 is 0 Å². The molecule has 0 spiro atoms. The Balaban J connectivity index is 2.81. The zero-order chi connectivity index (χ0) is 9.97. The number of fused-ring (bicyclic) bond motifs is 1. The van der Waals surface area contributed by atoms with Crippen molar-refractivity contribution < 1.29 is 5.21 Å². The first-order valence-electron chi connectivity index (χ1n) is 4.48. The third-order valence-corrected chi connectivity index (χ3v) is 2.37. The Morgan fingerprint density at radius 1 is 1.07 bits per heavy atom. The number of aryl methyl sites for hydroxylation is 1. The Kier molecular flexibility index (Phi) is 2.19. The van der Waals surface area contributed by atoms with Crippen molar-refractivity contribution in [3.05, 3.63) is 47.5 Å². The molecular formula is C12H11NO. The number of benzene rings is 2. The molecule has 0 aromatic heterocycles. The molecule has 2 rings (SSSR count). The van der Waals surface area contributed by atoms with Crippen molar-refractivity contribution >= 4 is 17.0 Å².